The van der Waals surface area contributed by atoms with Gasteiger partial charge in [0.05, 0.1) is 18.8 Å². The Bertz CT molecular complexity index is 351. The number of hydrogen-bond acceptors (Lipinski definition) is 3. The molecule has 3 rings (SSSR count). The molecule has 0 aromatic heterocycles. The summed E-state index contributed by atoms with van der Waals surface area (Å²) in [7, 11) is 0. The van der Waals surface area contributed by atoms with Crippen LogP contribution in [0.5, 0.6) is 0 Å². The van der Waals surface area contributed by atoms with Gasteiger partial charge in [0.25, 0.3) is 0 Å². The predicted octanol–water partition coefficient (Wildman–Crippen LogP) is 3.19. The van der Waals surface area contributed by atoms with Crippen molar-refractivity contribution in [1.82, 2.24) is 10.2 Å². The van der Waals surface area contributed by atoms with Crippen LogP contribution >= 0.6 is 0 Å². The molecule has 3 unspecified atom stereocenters. The molecule has 3 heteroatoms. The van der Waals surface area contributed by atoms with Crippen LogP contribution in [0.1, 0.15) is 66.2 Å². The summed E-state index contributed by atoms with van der Waals surface area (Å²) >= 11 is 0. The summed E-state index contributed by atoms with van der Waals surface area (Å²) in [4.78, 5) is 2.85. The smallest absolute Gasteiger partial charge is 0.0686 e. The molecule has 2 saturated heterocycles. The molecule has 2 heterocycles. The van der Waals surface area contributed by atoms with Crippen LogP contribution in [0.25, 0.3) is 0 Å². The van der Waals surface area contributed by atoms with Crippen molar-refractivity contribution in [2.45, 2.75) is 95.9 Å². The predicted molar refractivity (Wildman–Crippen MR) is 87.6 cm³/mol. The maximum atomic E-state index is 5.64. The molecule has 3 aliphatic rings. The van der Waals surface area contributed by atoms with E-state index in [9.17, 15) is 0 Å². The SMILES string of the molecule is CC(C)NC1CCCCC2C(C1)CC1(COC1)N2C(C)C. The molecular formula is C18H34N2O. The van der Waals surface area contributed by atoms with Crippen LogP contribution in [0.4, 0.5) is 0 Å². The average molecular weight is 294 g/mol. The van der Waals surface area contributed by atoms with Gasteiger partial charge in [0, 0.05) is 24.2 Å². The van der Waals surface area contributed by atoms with Crippen molar-refractivity contribution in [3.63, 3.8) is 0 Å². The highest BCUT2D eigenvalue weighted by Gasteiger charge is 2.56. The highest BCUT2D eigenvalue weighted by atomic mass is 16.5. The highest BCUT2D eigenvalue weighted by molar-refractivity contribution is 5.10. The Balaban J connectivity index is 1.76. The van der Waals surface area contributed by atoms with Gasteiger partial charge in [-0.2, -0.15) is 0 Å². The zero-order valence-electron chi connectivity index (χ0n) is 14.4. The molecule has 0 aromatic rings. The van der Waals surface area contributed by atoms with Crippen LogP contribution in [-0.4, -0.2) is 47.8 Å². The first-order valence-electron chi connectivity index (χ1n) is 9.14. The molecule has 3 nitrogen and oxygen atoms in total. The fraction of sp³-hybridized carbons (Fsp3) is 1.00. The van der Waals surface area contributed by atoms with Crippen molar-refractivity contribution in [2.75, 3.05) is 13.2 Å². The number of nitrogens with zero attached hydrogens (tertiary/aromatic N) is 1. The summed E-state index contributed by atoms with van der Waals surface area (Å²) in [5.74, 6) is 0.868. The largest absolute Gasteiger partial charge is 0.377 e. The van der Waals surface area contributed by atoms with E-state index in [-0.39, 0.29) is 0 Å². The third-order valence-electron chi connectivity index (χ3n) is 5.85. The molecule has 3 fully saturated rings. The maximum Gasteiger partial charge on any atom is 0.0686 e. The molecule has 0 bridgehead atoms. The number of rotatable bonds is 3. The van der Waals surface area contributed by atoms with Gasteiger partial charge in [0.15, 0.2) is 0 Å². The topological polar surface area (TPSA) is 24.5 Å². The van der Waals surface area contributed by atoms with E-state index in [0.717, 1.165) is 31.2 Å². The maximum absolute atomic E-state index is 5.64. The Hall–Kier alpha value is -0.120. The first kappa shape index (κ1) is 15.8. The lowest BCUT2D eigenvalue weighted by atomic mass is 9.82. The van der Waals surface area contributed by atoms with E-state index in [1.807, 2.05) is 0 Å². The fourth-order valence-corrected chi connectivity index (χ4v) is 5.31. The average Bonchev–Trinajstić information content (AvgIpc) is 2.65. The standard InChI is InChI=1S/C18H34N2O/c1-13(2)19-16-7-5-6-8-17-15(9-16)10-18(11-21-12-18)20(17)14(3)4/h13-17,19H,5-12H2,1-4H3. The molecule has 0 aromatic carbocycles. The third-order valence-corrected chi connectivity index (χ3v) is 5.85. The summed E-state index contributed by atoms with van der Waals surface area (Å²) in [6, 6.07) is 2.78. The van der Waals surface area contributed by atoms with Gasteiger partial charge >= 0.3 is 0 Å². The first-order valence-corrected chi connectivity index (χ1v) is 9.14. The monoisotopic (exact) mass is 294 g/mol. The minimum atomic E-state index is 0.385. The zero-order valence-corrected chi connectivity index (χ0v) is 14.4. The second-order valence-corrected chi connectivity index (χ2v) is 8.29. The second-order valence-electron chi connectivity index (χ2n) is 8.29. The van der Waals surface area contributed by atoms with Gasteiger partial charge in [-0.1, -0.05) is 26.7 Å². The van der Waals surface area contributed by atoms with E-state index in [0.29, 0.717) is 17.6 Å². The van der Waals surface area contributed by atoms with Crippen molar-refractivity contribution in [3.8, 4) is 0 Å². The van der Waals surface area contributed by atoms with Gasteiger partial charge in [0.1, 0.15) is 0 Å². The number of fused-ring (bicyclic) bond motifs is 1. The number of hydrogen-bond donors (Lipinski definition) is 1. The quantitative estimate of drug-likeness (QED) is 0.865. The van der Waals surface area contributed by atoms with E-state index in [1.54, 1.807) is 0 Å². The lowest BCUT2D eigenvalue weighted by molar-refractivity contribution is -0.141. The van der Waals surface area contributed by atoms with Crippen LogP contribution in [0.3, 0.4) is 0 Å². The minimum Gasteiger partial charge on any atom is -0.377 e. The van der Waals surface area contributed by atoms with Gasteiger partial charge in [-0.05, 0) is 45.4 Å². The van der Waals surface area contributed by atoms with Crippen LogP contribution in [-0.2, 0) is 4.74 Å². The van der Waals surface area contributed by atoms with Crippen molar-refractivity contribution in [1.29, 1.82) is 0 Å². The lowest BCUT2D eigenvalue weighted by Gasteiger charge is -2.49. The Morgan fingerprint density at radius 3 is 2.38 bits per heavy atom. The van der Waals surface area contributed by atoms with Gasteiger partial charge in [0.2, 0.25) is 0 Å². The first-order chi connectivity index (χ1) is 10.0. The molecule has 1 saturated carbocycles. The van der Waals surface area contributed by atoms with Crippen LogP contribution in [0.15, 0.2) is 0 Å². The molecule has 2 aliphatic heterocycles. The Morgan fingerprint density at radius 1 is 1.10 bits per heavy atom. The van der Waals surface area contributed by atoms with Crippen LogP contribution in [0, 0.1) is 5.92 Å². The summed E-state index contributed by atoms with van der Waals surface area (Å²) in [5.41, 5.74) is 0.385. The summed E-state index contributed by atoms with van der Waals surface area (Å²) < 4.78 is 5.64. The number of likely N-dealkylation sites (tertiary alicyclic amines) is 1. The number of ether oxygens (including phenoxy) is 1. The molecular weight excluding hydrogens is 260 g/mol. The molecule has 1 spiro atoms. The minimum absolute atomic E-state index is 0.385. The number of nitrogens with one attached hydrogen (secondary N) is 1. The zero-order chi connectivity index (χ0) is 15.0. The molecule has 1 aliphatic carbocycles. The van der Waals surface area contributed by atoms with Crippen molar-refractivity contribution >= 4 is 0 Å². The summed E-state index contributed by atoms with van der Waals surface area (Å²) in [5, 5.41) is 3.82. The van der Waals surface area contributed by atoms with E-state index in [4.69, 9.17) is 4.74 Å². The van der Waals surface area contributed by atoms with Crippen molar-refractivity contribution in [2.24, 2.45) is 5.92 Å². The highest BCUT2D eigenvalue weighted by Crippen LogP contribution is 2.48. The Kier molecular flexibility index (Phi) is 4.63. The van der Waals surface area contributed by atoms with Crippen molar-refractivity contribution < 1.29 is 4.74 Å². The van der Waals surface area contributed by atoms with E-state index in [1.165, 1.54) is 38.5 Å². The molecule has 1 N–H and O–H groups in total. The van der Waals surface area contributed by atoms with Crippen LogP contribution in [0.2, 0.25) is 0 Å². The van der Waals surface area contributed by atoms with Gasteiger partial charge in [-0.15, -0.1) is 0 Å². The molecule has 21 heavy (non-hydrogen) atoms. The summed E-state index contributed by atoms with van der Waals surface area (Å²) in [6.07, 6.45) is 8.30. The fourth-order valence-electron chi connectivity index (χ4n) is 5.31. The third kappa shape index (κ3) is 3.02. The van der Waals surface area contributed by atoms with E-state index >= 15 is 0 Å². The molecule has 3 atom stereocenters. The van der Waals surface area contributed by atoms with Crippen LogP contribution < -0.4 is 5.32 Å². The molecule has 122 valence electrons. The Morgan fingerprint density at radius 2 is 1.81 bits per heavy atom. The Labute approximate surface area is 130 Å². The molecule has 0 radical (unpaired) electrons. The van der Waals surface area contributed by atoms with E-state index in [2.05, 4.69) is 37.9 Å². The van der Waals surface area contributed by atoms with Gasteiger partial charge in [-0.25, -0.2) is 0 Å². The van der Waals surface area contributed by atoms with Gasteiger partial charge in [-0.3, -0.25) is 4.90 Å². The second kappa shape index (κ2) is 6.17. The van der Waals surface area contributed by atoms with Crippen molar-refractivity contribution in [3.05, 3.63) is 0 Å². The summed E-state index contributed by atoms with van der Waals surface area (Å²) in [6.45, 7) is 11.3. The molecule has 0 amide bonds. The lowest BCUT2D eigenvalue weighted by Crippen LogP contribution is -2.62. The van der Waals surface area contributed by atoms with E-state index < -0.39 is 0 Å². The van der Waals surface area contributed by atoms with Gasteiger partial charge < -0.3 is 10.1 Å². The normalized spacial score (nSPS) is 36.6.